The number of fused-ring (bicyclic) bond motifs is 2. The molecule has 29 heavy (non-hydrogen) atoms. The predicted octanol–water partition coefficient (Wildman–Crippen LogP) is 5.73. The fourth-order valence-electron chi connectivity index (χ4n) is 3.25. The molecule has 4 rings (SSSR count). The molecule has 0 saturated heterocycles. The van der Waals surface area contributed by atoms with Gasteiger partial charge in [0, 0.05) is 34.4 Å². The molecular formula is C21H26Br2N4O2. The van der Waals surface area contributed by atoms with Crippen LogP contribution in [0.1, 0.15) is 44.7 Å². The van der Waals surface area contributed by atoms with Crippen molar-refractivity contribution < 1.29 is 9.53 Å². The number of pyridine rings is 2. The van der Waals surface area contributed by atoms with Gasteiger partial charge in [0.15, 0.2) is 0 Å². The molecule has 8 heteroatoms. The number of aryl methyl sites for hydroxylation is 2. The van der Waals surface area contributed by atoms with E-state index in [-0.39, 0.29) is 6.09 Å². The van der Waals surface area contributed by atoms with Gasteiger partial charge in [0.1, 0.15) is 17.2 Å². The maximum absolute atomic E-state index is 12.1. The average Bonchev–Trinajstić information content (AvgIpc) is 2.66. The third-order valence-corrected chi connectivity index (χ3v) is 5.32. The first-order valence-electron chi connectivity index (χ1n) is 9.76. The van der Waals surface area contributed by atoms with E-state index < -0.39 is 5.60 Å². The molecule has 0 aromatic carbocycles. The van der Waals surface area contributed by atoms with Crippen molar-refractivity contribution in [3.8, 4) is 0 Å². The first-order chi connectivity index (χ1) is 13.7. The highest BCUT2D eigenvalue weighted by atomic mass is 79.9. The third-order valence-electron chi connectivity index (χ3n) is 4.46. The first kappa shape index (κ1) is 22.0. The molecule has 1 N–H and O–H groups in total. The molecule has 2 aliphatic heterocycles. The highest BCUT2D eigenvalue weighted by Gasteiger charge is 2.28. The quantitative estimate of drug-likeness (QED) is 0.475. The Morgan fingerprint density at radius 3 is 2.45 bits per heavy atom. The molecule has 4 heterocycles. The van der Waals surface area contributed by atoms with Crippen molar-refractivity contribution in [2.45, 2.75) is 52.1 Å². The Kier molecular flexibility index (Phi) is 7.16. The van der Waals surface area contributed by atoms with Crippen LogP contribution in [0.4, 0.5) is 16.4 Å². The van der Waals surface area contributed by atoms with Crippen LogP contribution in [0.15, 0.2) is 33.5 Å². The fraction of sp³-hybridized carbons (Fsp3) is 0.476. The molecule has 2 aromatic heterocycles. The van der Waals surface area contributed by atoms with Gasteiger partial charge in [0.05, 0.1) is 0 Å². The summed E-state index contributed by atoms with van der Waals surface area (Å²) in [5, 5.41) is 3.26. The Labute approximate surface area is 188 Å². The van der Waals surface area contributed by atoms with Crippen molar-refractivity contribution >= 4 is 49.6 Å². The Morgan fingerprint density at radius 1 is 1.07 bits per heavy atom. The number of ether oxygens (including phenoxy) is 1. The van der Waals surface area contributed by atoms with E-state index in [1.165, 1.54) is 12.0 Å². The van der Waals surface area contributed by atoms with Crippen LogP contribution in [0.25, 0.3) is 0 Å². The zero-order chi connectivity index (χ0) is 21.0. The Balaban J connectivity index is 0.000000186. The fourth-order valence-corrected chi connectivity index (χ4v) is 4.00. The number of hydrogen-bond acceptors (Lipinski definition) is 5. The number of carbonyl (C=O) groups excluding carboxylic acids is 1. The number of halogens is 2. The highest BCUT2D eigenvalue weighted by molar-refractivity contribution is 9.10. The van der Waals surface area contributed by atoms with Crippen molar-refractivity contribution in [2.75, 3.05) is 23.3 Å². The molecule has 156 valence electrons. The van der Waals surface area contributed by atoms with E-state index in [0.717, 1.165) is 52.0 Å². The summed E-state index contributed by atoms with van der Waals surface area (Å²) in [6, 6.07) is 4.15. The lowest BCUT2D eigenvalue weighted by Gasteiger charge is -2.30. The summed E-state index contributed by atoms with van der Waals surface area (Å²) in [7, 11) is 0. The molecule has 6 nitrogen and oxygen atoms in total. The summed E-state index contributed by atoms with van der Waals surface area (Å²) in [6.07, 6.45) is 7.46. The molecule has 0 saturated carbocycles. The van der Waals surface area contributed by atoms with E-state index in [9.17, 15) is 4.79 Å². The molecular weight excluding hydrogens is 500 g/mol. The van der Waals surface area contributed by atoms with Gasteiger partial charge in [-0.3, -0.25) is 4.90 Å². The van der Waals surface area contributed by atoms with Crippen LogP contribution >= 0.6 is 31.9 Å². The van der Waals surface area contributed by atoms with Crippen molar-refractivity contribution in [3.63, 3.8) is 0 Å². The third kappa shape index (κ3) is 6.15. The molecule has 2 aliphatic rings. The van der Waals surface area contributed by atoms with Crippen LogP contribution < -0.4 is 10.2 Å². The standard InChI is InChI=1S/C13H17BrN2O2.C8H9BrN2/c1-13(2,3)18-12(17)16-6-4-5-9-7-10(14)8-15-11(9)16;9-7-4-6-2-1-3-10-8(6)11-5-7/h7-8H,4-6H2,1-3H3;4-5H,1-3H2,(H,10,11). The summed E-state index contributed by atoms with van der Waals surface area (Å²) in [5.74, 6) is 1.78. The number of aromatic nitrogens is 2. The zero-order valence-electron chi connectivity index (χ0n) is 17.0. The first-order valence-corrected chi connectivity index (χ1v) is 11.3. The predicted molar refractivity (Wildman–Crippen MR) is 123 cm³/mol. The minimum atomic E-state index is -0.482. The molecule has 0 radical (unpaired) electrons. The van der Waals surface area contributed by atoms with Gasteiger partial charge in [-0.15, -0.1) is 0 Å². The Morgan fingerprint density at radius 2 is 1.72 bits per heavy atom. The van der Waals surface area contributed by atoms with E-state index in [1.807, 2.05) is 33.0 Å². The number of hydrogen-bond donors (Lipinski definition) is 1. The lowest BCUT2D eigenvalue weighted by molar-refractivity contribution is 0.0576. The van der Waals surface area contributed by atoms with Gasteiger partial charge in [-0.25, -0.2) is 14.8 Å². The molecule has 1 amide bonds. The molecule has 0 atom stereocenters. The summed E-state index contributed by atoms with van der Waals surface area (Å²) in [5.41, 5.74) is 1.93. The summed E-state index contributed by atoms with van der Waals surface area (Å²) < 4.78 is 7.41. The summed E-state index contributed by atoms with van der Waals surface area (Å²) in [6.45, 7) is 7.32. The second kappa shape index (κ2) is 9.43. The van der Waals surface area contributed by atoms with E-state index in [0.29, 0.717) is 6.54 Å². The van der Waals surface area contributed by atoms with Crippen LogP contribution in [-0.4, -0.2) is 34.8 Å². The largest absolute Gasteiger partial charge is 0.443 e. The number of amides is 1. The lowest BCUT2D eigenvalue weighted by Crippen LogP contribution is -2.40. The SMILES string of the molecule is Brc1cnc2c(c1)CCCN2.CC(C)(C)OC(=O)N1CCCc2cc(Br)cnc21. The minimum absolute atomic E-state index is 0.321. The zero-order valence-corrected chi connectivity index (χ0v) is 20.1. The van der Waals surface area contributed by atoms with E-state index >= 15 is 0 Å². The van der Waals surface area contributed by atoms with Crippen LogP contribution in [0.5, 0.6) is 0 Å². The van der Waals surface area contributed by atoms with Crippen LogP contribution in [0, 0.1) is 0 Å². The maximum atomic E-state index is 12.1. The molecule has 0 spiro atoms. The van der Waals surface area contributed by atoms with Crippen LogP contribution in [-0.2, 0) is 17.6 Å². The topological polar surface area (TPSA) is 67.4 Å². The molecule has 2 aromatic rings. The van der Waals surface area contributed by atoms with Gasteiger partial charge in [-0.1, -0.05) is 0 Å². The highest BCUT2D eigenvalue weighted by Crippen LogP contribution is 2.28. The van der Waals surface area contributed by atoms with Crippen LogP contribution in [0.3, 0.4) is 0 Å². The number of anilines is 2. The number of nitrogens with zero attached hydrogens (tertiary/aromatic N) is 3. The van der Waals surface area contributed by atoms with E-state index in [4.69, 9.17) is 4.74 Å². The van der Waals surface area contributed by atoms with Crippen molar-refractivity contribution in [2.24, 2.45) is 0 Å². The van der Waals surface area contributed by atoms with E-state index in [2.05, 4.69) is 53.2 Å². The van der Waals surface area contributed by atoms with Crippen molar-refractivity contribution in [1.29, 1.82) is 0 Å². The smallest absolute Gasteiger partial charge is 0.416 e. The lowest BCUT2D eigenvalue weighted by atomic mass is 10.1. The van der Waals surface area contributed by atoms with Crippen molar-refractivity contribution in [1.82, 2.24) is 9.97 Å². The molecule has 0 fully saturated rings. The van der Waals surface area contributed by atoms with Gasteiger partial charge < -0.3 is 10.1 Å². The number of rotatable bonds is 0. The van der Waals surface area contributed by atoms with Gasteiger partial charge in [-0.2, -0.15) is 0 Å². The molecule has 0 aliphatic carbocycles. The van der Waals surface area contributed by atoms with Crippen molar-refractivity contribution in [3.05, 3.63) is 44.6 Å². The number of carbonyl (C=O) groups is 1. The minimum Gasteiger partial charge on any atom is -0.443 e. The molecule has 0 unspecified atom stereocenters. The van der Waals surface area contributed by atoms with Crippen LogP contribution in [0.2, 0.25) is 0 Å². The Hall–Kier alpha value is -1.67. The summed E-state index contributed by atoms with van der Waals surface area (Å²) >= 11 is 6.80. The van der Waals surface area contributed by atoms with Gasteiger partial charge in [0.25, 0.3) is 0 Å². The second-order valence-corrected chi connectivity index (χ2v) is 9.89. The average molecular weight is 526 g/mol. The monoisotopic (exact) mass is 524 g/mol. The van der Waals surface area contributed by atoms with Gasteiger partial charge >= 0.3 is 6.09 Å². The maximum Gasteiger partial charge on any atom is 0.416 e. The number of nitrogens with one attached hydrogen (secondary N) is 1. The Bertz CT molecular complexity index is 883. The molecule has 0 bridgehead atoms. The normalized spacial score (nSPS) is 15.3. The van der Waals surface area contributed by atoms with Gasteiger partial charge in [0.2, 0.25) is 0 Å². The summed E-state index contributed by atoms with van der Waals surface area (Å²) in [4.78, 5) is 22.3. The second-order valence-electron chi connectivity index (χ2n) is 8.06. The van der Waals surface area contributed by atoms with E-state index in [1.54, 1.807) is 11.1 Å². The van der Waals surface area contributed by atoms with Gasteiger partial charge in [-0.05, 0) is 102 Å².